The Hall–Kier alpha value is -1.80. The number of aliphatic carboxylic acids is 1. The average Bonchev–Trinajstić information content (AvgIpc) is 3.09. The number of anilines is 1. The van der Waals surface area contributed by atoms with Crippen LogP contribution in [0.15, 0.2) is 24.3 Å². The number of nitrogens with one attached hydrogen (secondary N) is 2. The maximum Gasteiger partial charge on any atom is 0.341 e. The number of benzene rings is 1. The lowest BCUT2D eigenvalue weighted by molar-refractivity contribution is -0.139. The molecule has 2 rings (SSSR count). The van der Waals surface area contributed by atoms with Gasteiger partial charge in [0.15, 0.2) is 6.61 Å². The van der Waals surface area contributed by atoms with E-state index in [1.807, 2.05) is 0 Å². The zero-order valence-corrected chi connectivity index (χ0v) is 10.8. The van der Waals surface area contributed by atoms with E-state index >= 15 is 0 Å². The first-order valence-electron chi connectivity index (χ1n) is 5.69. The van der Waals surface area contributed by atoms with Crippen molar-refractivity contribution >= 4 is 21.9 Å². The molecule has 19 heavy (non-hydrogen) atoms. The highest BCUT2D eigenvalue weighted by Crippen LogP contribution is 2.21. The van der Waals surface area contributed by atoms with Crippen LogP contribution in [0.5, 0.6) is 5.75 Å². The highest BCUT2D eigenvalue weighted by atomic mass is 32.2. The fourth-order valence-electron chi connectivity index (χ4n) is 1.40. The van der Waals surface area contributed by atoms with Crippen LogP contribution in [0.3, 0.4) is 0 Å². The minimum atomic E-state index is -3.59. The fourth-order valence-corrected chi connectivity index (χ4v) is 2.57. The highest BCUT2D eigenvalue weighted by molar-refractivity contribution is 7.90. The van der Waals surface area contributed by atoms with Crippen molar-refractivity contribution in [3.63, 3.8) is 0 Å². The van der Waals surface area contributed by atoms with Crippen LogP contribution in [0.2, 0.25) is 0 Å². The second kappa shape index (κ2) is 5.45. The first-order chi connectivity index (χ1) is 8.94. The molecule has 0 heterocycles. The molecule has 0 aliphatic heterocycles. The summed E-state index contributed by atoms with van der Waals surface area (Å²) in [6, 6.07) is 6.12. The summed E-state index contributed by atoms with van der Waals surface area (Å²) in [5.41, 5.74) is 0.316. The molecule has 0 radical (unpaired) electrons. The van der Waals surface area contributed by atoms with Crippen molar-refractivity contribution in [3.8, 4) is 5.75 Å². The zero-order chi connectivity index (χ0) is 13.9. The van der Waals surface area contributed by atoms with Crippen LogP contribution in [0.4, 0.5) is 5.69 Å². The minimum absolute atomic E-state index is 0.0175. The molecule has 0 saturated heterocycles. The summed E-state index contributed by atoms with van der Waals surface area (Å²) in [5.74, 6) is -0.810. The molecule has 0 unspecified atom stereocenters. The molecule has 0 amide bonds. The summed E-state index contributed by atoms with van der Waals surface area (Å²) in [5, 5.41) is 8.49. The van der Waals surface area contributed by atoms with E-state index in [0.29, 0.717) is 5.69 Å². The largest absolute Gasteiger partial charge is 0.482 e. The topological polar surface area (TPSA) is 105 Å². The Morgan fingerprint density at radius 3 is 2.79 bits per heavy atom. The van der Waals surface area contributed by atoms with Crippen LogP contribution >= 0.6 is 0 Å². The number of carboxylic acids is 1. The van der Waals surface area contributed by atoms with E-state index in [0.717, 1.165) is 12.8 Å². The summed E-state index contributed by atoms with van der Waals surface area (Å²) in [6.45, 7) is -0.476. The van der Waals surface area contributed by atoms with Gasteiger partial charge in [0.2, 0.25) is 0 Å². The van der Waals surface area contributed by atoms with E-state index in [9.17, 15) is 13.2 Å². The number of carbonyl (C=O) groups is 1. The molecule has 104 valence electrons. The minimum Gasteiger partial charge on any atom is -0.482 e. The molecule has 1 fully saturated rings. The smallest absolute Gasteiger partial charge is 0.341 e. The Bertz CT molecular complexity index is 568. The first-order valence-corrected chi connectivity index (χ1v) is 7.18. The molecule has 1 aromatic carbocycles. The van der Waals surface area contributed by atoms with Crippen molar-refractivity contribution in [2.45, 2.75) is 18.9 Å². The summed E-state index contributed by atoms with van der Waals surface area (Å²) in [4.78, 5) is 10.4. The lowest BCUT2D eigenvalue weighted by atomic mass is 10.3. The molecular weight excluding hydrogens is 272 g/mol. The van der Waals surface area contributed by atoms with Gasteiger partial charge in [-0.3, -0.25) is 4.72 Å². The average molecular weight is 286 g/mol. The Morgan fingerprint density at radius 2 is 2.16 bits per heavy atom. The maximum absolute atomic E-state index is 11.7. The number of hydrogen-bond acceptors (Lipinski definition) is 4. The van der Waals surface area contributed by atoms with E-state index in [1.54, 1.807) is 18.2 Å². The predicted molar refractivity (Wildman–Crippen MR) is 68.3 cm³/mol. The highest BCUT2D eigenvalue weighted by Gasteiger charge is 2.26. The Morgan fingerprint density at radius 1 is 1.42 bits per heavy atom. The van der Waals surface area contributed by atoms with Crippen LogP contribution < -0.4 is 14.2 Å². The first kappa shape index (κ1) is 13.6. The Balaban J connectivity index is 1.99. The van der Waals surface area contributed by atoms with E-state index < -0.39 is 22.8 Å². The molecule has 0 spiro atoms. The lowest BCUT2D eigenvalue weighted by Crippen LogP contribution is -2.31. The van der Waals surface area contributed by atoms with Crippen LogP contribution in [0.1, 0.15) is 12.8 Å². The third kappa shape index (κ3) is 4.76. The third-order valence-corrected chi connectivity index (χ3v) is 3.50. The molecule has 8 heteroatoms. The van der Waals surface area contributed by atoms with E-state index in [1.165, 1.54) is 6.07 Å². The SMILES string of the molecule is O=C(O)COc1cccc(NS(=O)(=O)NC2CC2)c1. The van der Waals surface area contributed by atoms with Crippen LogP contribution in [0.25, 0.3) is 0 Å². The van der Waals surface area contributed by atoms with Crippen LogP contribution in [-0.4, -0.2) is 32.1 Å². The van der Waals surface area contributed by atoms with Crippen molar-refractivity contribution in [3.05, 3.63) is 24.3 Å². The van der Waals surface area contributed by atoms with Crippen LogP contribution in [-0.2, 0) is 15.0 Å². The second-order valence-corrected chi connectivity index (χ2v) is 5.65. The lowest BCUT2D eigenvalue weighted by Gasteiger charge is -2.10. The van der Waals surface area contributed by atoms with Crippen LogP contribution in [0, 0.1) is 0 Å². The van der Waals surface area contributed by atoms with Crippen molar-refractivity contribution in [2.24, 2.45) is 0 Å². The van der Waals surface area contributed by atoms with Gasteiger partial charge in [0.05, 0.1) is 5.69 Å². The summed E-state index contributed by atoms with van der Waals surface area (Å²) < 4.78 is 33.1. The monoisotopic (exact) mass is 286 g/mol. The van der Waals surface area contributed by atoms with Gasteiger partial charge in [-0.1, -0.05) is 6.07 Å². The molecule has 3 N–H and O–H groups in total. The summed E-state index contributed by atoms with van der Waals surface area (Å²) >= 11 is 0. The van der Waals surface area contributed by atoms with E-state index in [-0.39, 0.29) is 11.8 Å². The number of ether oxygens (including phenoxy) is 1. The normalized spacial score (nSPS) is 14.9. The zero-order valence-electron chi connectivity index (χ0n) is 10.00. The van der Waals surface area contributed by atoms with Gasteiger partial charge in [-0.2, -0.15) is 13.1 Å². The van der Waals surface area contributed by atoms with Gasteiger partial charge in [-0.05, 0) is 25.0 Å². The summed E-state index contributed by atoms with van der Waals surface area (Å²) in [6.07, 6.45) is 1.70. The molecule has 1 aliphatic rings. The number of carboxylic acid groups (broad SMARTS) is 1. The summed E-state index contributed by atoms with van der Waals surface area (Å²) in [7, 11) is -3.59. The van der Waals surface area contributed by atoms with Crippen molar-refractivity contribution < 1.29 is 23.1 Å². The number of rotatable bonds is 7. The van der Waals surface area contributed by atoms with Gasteiger partial charge in [-0.15, -0.1) is 0 Å². The molecule has 1 aliphatic carbocycles. The molecule has 0 bridgehead atoms. The second-order valence-electron chi connectivity index (χ2n) is 4.21. The molecule has 0 atom stereocenters. The molecule has 0 aromatic heterocycles. The van der Waals surface area contributed by atoms with Gasteiger partial charge in [0.25, 0.3) is 10.2 Å². The fraction of sp³-hybridized carbons (Fsp3) is 0.364. The van der Waals surface area contributed by atoms with E-state index in [4.69, 9.17) is 9.84 Å². The van der Waals surface area contributed by atoms with Gasteiger partial charge in [0, 0.05) is 12.1 Å². The molecule has 7 nitrogen and oxygen atoms in total. The standard InChI is InChI=1S/C11H14N2O5S/c14-11(15)7-18-10-3-1-2-9(6-10)13-19(16,17)12-8-4-5-8/h1-3,6,8,12-13H,4-5,7H2,(H,14,15). The molecule has 1 aromatic rings. The quantitative estimate of drug-likeness (QED) is 0.679. The van der Waals surface area contributed by atoms with Gasteiger partial charge < -0.3 is 9.84 Å². The van der Waals surface area contributed by atoms with Gasteiger partial charge >= 0.3 is 5.97 Å². The Labute approximate surface area is 110 Å². The predicted octanol–water partition coefficient (Wildman–Crippen LogP) is 0.559. The van der Waals surface area contributed by atoms with Crippen molar-refractivity contribution in [2.75, 3.05) is 11.3 Å². The number of hydrogen-bond donors (Lipinski definition) is 3. The van der Waals surface area contributed by atoms with Gasteiger partial charge in [0.1, 0.15) is 5.75 Å². The molecular formula is C11H14N2O5S. The van der Waals surface area contributed by atoms with E-state index in [2.05, 4.69) is 9.44 Å². The van der Waals surface area contributed by atoms with Crippen molar-refractivity contribution in [1.29, 1.82) is 0 Å². The van der Waals surface area contributed by atoms with Crippen molar-refractivity contribution in [1.82, 2.24) is 4.72 Å². The van der Waals surface area contributed by atoms with Gasteiger partial charge in [-0.25, -0.2) is 4.79 Å². The third-order valence-electron chi connectivity index (χ3n) is 2.35. The molecule has 1 saturated carbocycles. The Kier molecular flexibility index (Phi) is 3.91. The maximum atomic E-state index is 11.7.